The molecule has 3 fully saturated rings. The molecule has 1 saturated heterocycles. The molecule has 0 aromatic rings. The fourth-order valence-electron chi connectivity index (χ4n) is 3.50. The molecule has 84 valence electrons. The molecule has 15 heavy (non-hydrogen) atoms. The van der Waals surface area contributed by atoms with Gasteiger partial charge in [-0.2, -0.15) is 0 Å². The Morgan fingerprint density at radius 2 is 2.20 bits per heavy atom. The molecule has 1 heterocycles. The molecule has 0 aromatic heterocycles. The second-order valence-corrected chi connectivity index (χ2v) is 5.47. The van der Waals surface area contributed by atoms with Gasteiger partial charge in [-0.05, 0) is 31.1 Å². The van der Waals surface area contributed by atoms with Gasteiger partial charge in [0.1, 0.15) is 5.60 Å². The summed E-state index contributed by atoms with van der Waals surface area (Å²) in [6.45, 7) is 0. The van der Waals surface area contributed by atoms with Crippen LogP contribution in [0, 0.1) is 11.8 Å². The number of carbonyl (C=O) groups excluding carboxylic acids is 1. The zero-order valence-corrected chi connectivity index (χ0v) is 9.55. The number of hydrogen-bond donors (Lipinski definition) is 0. The molecule has 2 saturated carbocycles. The first-order chi connectivity index (χ1) is 7.14. The summed E-state index contributed by atoms with van der Waals surface area (Å²) in [4.78, 5) is 11.5. The second-order valence-electron chi connectivity index (χ2n) is 4.93. The van der Waals surface area contributed by atoms with Gasteiger partial charge in [-0.1, -0.05) is 24.4 Å². The van der Waals surface area contributed by atoms with Crippen molar-refractivity contribution in [3.05, 3.63) is 0 Å². The average molecular weight is 231 g/mol. The van der Waals surface area contributed by atoms with E-state index in [9.17, 15) is 4.79 Å². The van der Waals surface area contributed by atoms with Gasteiger partial charge >= 0.3 is 5.97 Å². The Morgan fingerprint density at radius 1 is 1.47 bits per heavy atom. The van der Waals surface area contributed by atoms with Crippen LogP contribution in [0.2, 0.25) is 0 Å². The predicted molar refractivity (Wildman–Crippen MR) is 54.5 cm³/mol. The van der Waals surface area contributed by atoms with Gasteiger partial charge in [-0.25, -0.2) is 4.79 Å². The molecule has 3 aliphatic rings. The topological polar surface area (TPSA) is 38.8 Å². The highest BCUT2D eigenvalue weighted by atomic mass is 35.5. The van der Waals surface area contributed by atoms with Gasteiger partial charge in [0.15, 0.2) is 0 Å². The molecule has 0 radical (unpaired) electrons. The van der Waals surface area contributed by atoms with Crippen molar-refractivity contribution in [2.75, 3.05) is 7.11 Å². The maximum absolute atomic E-state index is 11.5. The van der Waals surface area contributed by atoms with E-state index < -0.39 is 11.0 Å². The Kier molecular flexibility index (Phi) is 1.91. The van der Waals surface area contributed by atoms with Crippen molar-refractivity contribution in [2.45, 2.75) is 42.8 Å². The summed E-state index contributed by atoms with van der Waals surface area (Å²) >= 11 is 6.18. The first kappa shape index (κ1) is 9.91. The van der Waals surface area contributed by atoms with Crippen molar-refractivity contribution in [2.24, 2.45) is 11.8 Å². The maximum Gasteiger partial charge on any atom is 0.357 e. The standard InChI is InChI=1S/C11H15ClO3/c1-14-9(13)11(12)10(15-11)6-7-4-2-3-5-8(7)10/h7-8H,2-6H2,1H3/t7-,8-,10?,11?/m1/s1. The third kappa shape index (κ3) is 1.03. The van der Waals surface area contributed by atoms with E-state index in [4.69, 9.17) is 21.1 Å². The summed E-state index contributed by atoms with van der Waals surface area (Å²) in [5, 5.41) is -1.15. The van der Waals surface area contributed by atoms with Crippen molar-refractivity contribution in [3.8, 4) is 0 Å². The SMILES string of the molecule is COC(=O)C1(Cl)OC12C[C@H]1CCCC[C@H]12. The smallest absolute Gasteiger partial charge is 0.357 e. The fraction of sp³-hybridized carbons (Fsp3) is 0.909. The van der Waals surface area contributed by atoms with E-state index in [0.717, 1.165) is 18.8 Å². The number of alkyl halides is 1. The van der Waals surface area contributed by atoms with Crippen LogP contribution >= 0.6 is 11.6 Å². The van der Waals surface area contributed by atoms with Gasteiger partial charge < -0.3 is 9.47 Å². The Hall–Kier alpha value is -0.280. The Bertz CT molecular complexity index is 319. The highest BCUT2D eigenvalue weighted by molar-refractivity contribution is 6.36. The number of ether oxygens (including phenoxy) is 2. The van der Waals surface area contributed by atoms with Gasteiger partial charge in [0, 0.05) is 0 Å². The first-order valence-electron chi connectivity index (χ1n) is 5.61. The lowest BCUT2D eigenvalue weighted by molar-refractivity contribution is -0.144. The monoisotopic (exact) mass is 230 g/mol. The summed E-state index contributed by atoms with van der Waals surface area (Å²) in [5.74, 6) is 0.792. The van der Waals surface area contributed by atoms with Crippen LogP contribution in [0.1, 0.15) is 32.1 Å². The zero-order chi connectivity index (χ0) is 10.7. The van der Waals surface area contributed by atoms with E-state index in [1.807, 2.05) is 0 Å². The summed E-state index contributed by atoms with van der Waals surface area (Å²) < 4.78 is 10.2. The first-order valence-corrected chi connectivity index (χ1v) is 5.99. The molecule has 0 aromatic carbocycles. The quantitative estimate of drug-likeness (QED) is 0.393. The molecule has 3 nitrogen and oxygen atoms in total. The lowest BCUT2D eigenvalue weighted by Crippen LogP contribution is -2.51. The minimum atomic E-state index is -1.15. The number of carbonyl (C=O) groups is 1. The Morgan fingerprint density at radius 3 is 2.87 bits per heavy atom. The van der Waals surface area contributed by atoms with Crippen LogP contribution in [0.3, 0.4) is 0 Å². The molecule has 4 heteroatoms. The van der Waals surface area contributed by atoms with Gasteiger partial charge in [0.2, 0.25) is 0 Å². The summed E-state index contributed by atoms with van der Waals surface area (Å²) in [5.41, 5.74) is -0.368. The molecular weight excluding hydrogens is 216 g/mol. The number of fused-ring (bicyclic) bond motifs is 2. The van der Waals surface area contributed by atoms with Crippen LogP contribution < -0.4 is 0 Å². The van der Waals surface area contributed by atoms with E-state index in [2.05, 4.69) is 0 Å². The van der Waals surface area contributed by atoms with Crippen LogP contribution in [-0.2, 0) is 14.3 Å². The minimum absolute atomic E-state index is 0.368. The van der Waals surface area contributed by atoms with Crippen molar-refractivity contribution in [3.63, 3.8) is 0 Å². The van der Waals surface area contributed by atoms with E-state index in [1.165, 1.54) is 26.4 Å². The van der Waals surface area contributed by atoms with Crippen molar-refractivity contribution in [1.82, 2.24) is 0 Å². The molecule has 0 amide bonds. The van der Waals surface area contributed by atoms with Crippen molar-refractivity contribution >= 4 is 17.6 Å². The lowest BCUT2D eigenvalue weighted by Gasteiger charge is -2.46. The van der Waals surface area contributed by atoms with Crippen LogP contribution in [0.4, 0.5) is 0 Å². The molecule has 1 spiro atoms. The zero-order valence-electron chi connectivity index (χ0n) is 8.79. The van der Waals surface area contributed by atoms with Crippen molar-refractivity contribution < 1.29 is 14.3 Å². The summed E-state index contributed by atoms with van der Waals surface area (Å²) in [7, 11) is 1.36. The van der Waals surface area contributed by atoms with Gasteiger partial charge in [0.25, 0.3) is 5.06 Å². The molecule has 4 atom stereocenters. The molecule has 3 rings (SSSR count). The summed E-state index contributed by atoms with van der Waals surface area (Å²) in [6, 6.07) is 0. The highest BCUT2D eigenvalue weighted by Gasteiger charge is 2.83. The lowest BCUT2D eigenvalue weighted by atomic mass is 9.57. The Balaban J connectivity index is 1.77. The molecule has 2 aliphatic carbocycles. The number of epoxide rings is 1. The third-order valence-electron chi connectivity index (χ3n) is 4.35. The largest absolute Gasteiger partial charge is 0.466 e. The van der Waals surface area contributed by atoms with Gasteiger partial charge in [0.05, 0.1) is 7.11 Å². The fourth-order valence-corrected chi connectivity index (χ4v) is 3.94. The summed E-state index contributed by atoms with van der Waals surface area (Å²) in [6.07, 6.45) is 5.90. The molecule has 0 bridgehead atoms. The molecule has 1 aliphatic heterocycles. The third-order valence-corrected chi connectivity index (χ3v) is 4.90. The number of hydrogen-bond acceptors (Lipinski definition) is 3. The Labute approximate surface area is 94.1 Å². The normalized spacial score (nSPS) is 51.9. The number of esters is 1. The highest BCUT2D eigenvalue weighted by Crippen LogP contribution is 2.70. The maximum atomic E-state index is 11.5. The number of rotatable bonds is 1. The second kappa shape index (κ2) is 2.89. The van der Waals surface area contributed by atoms with Crippen LogP contribution in [0.5, 0.6) is 0 Å². The van der Waals surface area contributed by atoms with Gasteiger partial charge in [-0.3, -0.25) is 0 Å². The van der Waals surface area contributed by atoms with Gasteiger partial charge in [-0.15, -0.1) is 0 Å². The number of halogens is 1. The van der Waals surface area contributed by atoms with Crippen LogP contribution in [0.25, 0.3) is 0 Å². The molecule has 0 N–H and O–H groups in total. The number of methoxy groups -OCH3 is 1. The predicted octanol–water partition coefficient (Wildman–Crippen LogP) is 2.07. The van der Waals surface area contributed by atoms with E-state index >= 15 is 0 Å². The molecular formula is C11H15ClO3. The van der Waals surface area contributed by atoms with Crippen LogP contribution in [0.15, 0.2) is 0 Å². The van der Waals surface area contributed by atoms with Crippen LogP contribution in [-0.4, -0.2) is 23.7 Å². The van der Waals surface area contributed by atoms with E-state index in [1.54, 1.807) is 0 Å². The van der Waals surface area contributed by atoms with Crippen molar-refractivity contribution in [1.29, 1.82) is 0 Å². The minimum Gasteiger partial charge on any atom is -0.466 e. The average Bonchev–Trinajstić information content (AvgIpc) is 2.87. The van der Waals surface area contributed by atoms with E-state index in [0.29, 0.717) is 5.92 Å². The molecule has 2 unspecified atom stereocenters. The van der Waals surface area contributed by atoms with E-state index in [-0.39, 0.29) is 5.60 Å².